The van der Waals surface area contributed by atoms with Gasteiger partial charge in [0.25, 0.3) is 0 Å². The Morgan fingerprint density at radius 2 is 1.03 bits per heavy atom. The molecule has 4 N–H and O–H groups in total. The van der Waals surface area contributed by atoms with Crippen molar-refractivity contribution in [1.82, 2.24) is 10.6 Å². The summed E-state index contributed by atoms with van der Waals surface area (Å²) in [5.74, 6) is 0. The molecule has 0 amide bonds. The maximum absolute atomic E-state index is 5.40. The van der Waals surface area contributed by atoms with Gasteiger partial charge in [-0.25, -0.2) is 0 Å². The third-order valence-electron chi connectivity index (χ3n) is 4.52. The molecular formula is C24H26N4S2. The quantitative estimate of drug-likeness (QED) is 0.396. The summed E-state index contributed by atoms with van der Waals surface area (Å²) in [5, 5.41) is 14.1. The first-order valence-electron chi connectivity index (χ1n) is 9.79. The molecule has 3 rings (SSSR count). The van der Waals surface area contributed by atoms with Crippen LogP contribution in [0.2, 0.25) is 0 Å². The Kier molecular flexibility index (Phi) is 7.76. The number of hydrogen-bond acceptors (Lipinski definition) is 2. The molecule has 0 aliphatic heterocycles. The number of anilines is 2. The van der Waals surface area contributed by atoms with Crippen molar-refractivity contribution in [2.45, 2.75) is 26.9 Å². The highest BCUT2D eigenvalue weighted by Crippen LogP contribution is 2.10. The van der Waals surface area contributed by atoms with E-state index in [9.17, 15) is 0 Å². The van der Waals surface area contributed by atoms with Crippen LogP contribution in [0.5, 0.6) is 0 Å². The summed E-state index contributed by atoms with van der Waals surface area (Å²) in [6, 6.07) is 24.6. The molecule has 0 fully saturated rings. The average molecular weight is 435 g/mol. The second-order valence-corrected chi connectivity index (χ2v) is 7.98. The molecule has 30 heavy (non-hydrogen) atoms. The first-order chi connectivity index (χ1) is 14.5. The van der Waals surface area contributed by atoms with Gasteiger partial charge in [-0.3, -0.25) is 0 Å². The zero-order valence-electron chi connectivity index (χ0n) is 17.2. The number of aryl methyl sites for hydroxylation is 2. The lowest BCUT2D eigenvalue weighted by Crippen LogP contribution is -2.28. The van der Waals surface area contributed by atoms with Gasteiger partial charge in [0.15, 0.2) is 10.2 Å². The van der Waals surface area contributed by atoms with E-state index in [1.165, 1.54) is 11.1 Å². The van der Waals surface area contributed by atoms with Crippen LogP contribution in [0, 0.1) is 13.8 Å². The molecule has 0 radical (unpaired) electrons. The van der Waals surface area contributed by atoms with Gasteiger partial charge in [-0.1, -0.05) is 59.7 Å². The zero-order valence-corrected chi connectivity index (χ0v) is 18.8. The number of benzene rings is 3. The summed E-state index contributed by atoms with van der Waals surface area (Å²) >= 11 is 10.8. The summed E-state index contributed by atoms with van der Waals surface area (Å²) < 4.78 is 0. The largest absolute Gasteiger partial charge is 0.358 e. The van der Waals surface area contributed by atoms with Gasteiger partial charge in [0.2, 0.25) is 0 Å². The minimum absolute atomic E-state index is 0.603. The van der Waals surface area contributed by atoms with Crippen LogP contribution >= 0.6 is 24.4 Å². The second kappa shape index (κ2) is 10.7. The lowest BCUT2D eigenvalue weighted by molar-refractivity contribution is 0.896. The van der Waals surface area contributed by atoms with Crippen molar-refractivity contribution in [2.75, 3.05) is 10.6 Å². The zero-order chi connectivity index (χ0) is 21.3. The molecule has 3 aromatic carbocycles. The van der Waals surface area contributed by atoms with E-state index in [2.05, 4.69) is 77.6 Å². The van der Waals surface area contributed by atoms with Crippen molar-refractivity contribution in [3.05, 3.63) is 95.1 Å². The number of rotatable bonds is 6. The standard InChI is InChI=1S/C24H26N4S2/c1-17-6-10-21(11-7-17)27-23(29)25-15-19-4-3-5-20(14-19)16-26-24(30)28-22-12-8-18(2)9-13-22/h3-14H,15-16H2,1-2H3,(H2,25,27,29)(H2,26,28,30). The fourth-order valence-electron chi connectivity index (χ4n) is 2.84. The number of nitrogens with one attached hydrogen (secondary N) is 4. The van der Waals surface area contributed by atoms with Crippen molar-refractivity contribution in [3.63, 3.8) is 0 Å². The van der Waals surface area contributed by atoms with E-state index in [0.717, 1.165) is 22.5 Å². The van der Waals surface area contributed by atoms with Crippen LogP contribution in [0.1, 0.15) is 22.3 Å². The van der Waals surface area contributed by atoms with Crippen molar-refractivity contribution in [2.24, 2.45) is 0 Å². The molecule has 154 valence electrons. The van der Waals surface area contributed by atoms with Gasteiger partial charge in [-0.05, 0) is 73.7 Å². The minimum atomic E-state index is 0.603. The van der Waals surface area contributed by atoms with Crippen molar-refractivity contribution in [3.8, 4) is 0 Å². The lowest BCUT2D eigenvalue weighted by atomic mass is 10.1. The molecule has 0 aromatic heterocycles. The van der Waals surface area contributed by atoms with Crippen LogP contribution < -0.4 is 21.3 Å². The number of thiocarbonyl (C=S) groups is 2. The fourth-order valence-corrected chi connectivity index (χ4v) is 3.22. The Morgan fingerprint density at radius 1 is 0.633 bits per heavy atom. The molecule has 0 spiro atoms. The monoisotopic (exact) mass is 434 g/mol. The van der Waals surface area contributed by atoms with Crippen LogP contribution in [-0.2, 0) is 13.1 Å². The van der Waals surface area contributed by atoms with Crippen LogP contribution in [0.15, 0.2) is 72.8 Å². The first-order valence-corrected chi connectivity index (χ1v) is 10.6. The Morgan fingerprint density at radius 3 is 1.43 bits per heavy atom. The highest BCUT2D eigenvalue weighted by atomic mass is 32.1. The van der Waals surface area contributed by atoms with Gasteiger partial charge in [0.1, 0.15) is 0 Å². The van der Waals surface area contributed by atoms with Crippen molar-refractivity contribution >= 4 is 46.0 Å². The van der Waals surface area contributed by atoms with E-state index in [4.69, 9.17) is 24.4 Å². The molecule has 0 atom stereocenters. The molecule has 3 aromatic rings. The van der Waals surface area contributed by atoms with Crippen LogP contribution in [0.25, 0.3) is 0 Å². The van der Waals surface area contributed by atoms with Gasteiger partial charge in [0.05, 0.1) is 0 Å². The molecule has 0 unspecified atom stereocenters. The Hall–Kier alpha value is -2.96. The fraction of sp³-hybridized carbons (Fsp3) is 0.167. The summed E-state index contributed by atoms with van der Waals surface area (Å²) in [5.41, 5.74) is 6.70. The van der Waals surface area contributed by atoms with E-state index >= 15 is 0 Å². The minimum Gasteiger partial charge on any atom is -0.358 e. The highest BCUT2D eigenvalue weighted by Gasteiger charge is 2.02. The van der Waals surface area contributed by atoms with Crippen LogP contribution in [-0.4, -0.2) is 10.2 Å². The molecule has 0 saturated heterocycles. The molecule has 0 aliphatic carbocycles. The van der Waals surface area contributed by atoms with Gasteiger partial charge in [-0.2, -0.15) is 0 Å². The SMILES string of the molecule is Cc1ccc(NC(=S)NCc2cccc(CNC(=S)Nc3ccc(C)cc3)c2)cc1. The van der Waals surface area contributed by atoms with E-state index in [1.807, 2.05) is 30.3 Å². The van der Waals surface area contributed by atoms with E-state index < -0.39 is 0 Å². The third kappa shape index (κ3) is 7.13. The predicted octanol–water partition coefficient (Wildman–Crippen LogP) is 5.28. The van der Waals surface area contributed by atoms with E-state index in [0.29, 0.717) is 23.3 Å². The molecule has 4 nitrogen and oxygen atoms in total. The van der Waals surface area contributed by atoms with E-state index in [1.54, 1.807) is 0 Å². The summed E-state index contributed by atoms with van der Waals surface area (Å²) in [6.07, 6.45) is 0. The van der Waals surface area contributed by atoms with Gasteiger partial charge in [0, 0.05) is 24.5 Å². The average Bonchev–Trinajstić information content (AvgIpc) is 2.74. The molecule has 0 heterocycles. The second-order valence-electron chi connectivity index (χ2n) is 7.17. The summed E-state index contributed by atoms with van der Waals surface area (Å²) in [7, 11) is 0. The topological polar surface area (TPSA) is 48.1 Å². The van der Waals surface area contributed by atoms with Gasteiger partial charge < -0.3 is 21.3 Å². The third-order valence-corrected chi connectivity index (χ3v) is 5.01. The van der Waals surface area contributed by atoms with Crippen molar-refractivity contribution < 1.29 is 0 Å². The van der Waals surface area contributed by atoms with Gasteiger partial charge in [-0.15, -0.1) is 0 Å². The first kappa shape index (κ1) is 21.7. The van der Waals surface area contributed by atoms with Crippen molar-refractivity contribution in [1.29, 1.82) is 0 Å². The highest BCUT2D eigenvalue weighted by molar-refractivity contribution is 7.80. The Bertz CT molecular complexity index is 920. The number of hydrogen-bond donors (Lipinski definition) is 4. The molecule has 0 saturated carbocycles. The lowest BCUT2D eigenvalue weighted by Gasteiger charge is -2.13. The van der Waals surface area contributed by atoms with Gasteiger partial charge >= 0.3 is 0 Å². The normalized spacial score (nSPS) is 10.2. The van der Waals surface area contributed by atoms with Crippen LogP contribution in [0.3, 0.4) is 0 Å². The van der Waals surface area contributed by atoms with E-state index in [-0.39, 0.29) is 0 Å². The maximum atomic E-state index is 5.40. The molecular weight excluding hydrogens is 408 g/mol. The summed E-state index contributed by atoms with van der Waals surface area (Å²) in [4.78, 5) is 0. The van der Waals surface area contributed by atoms with Crippen LogP contribution in [0.4, 0.5) is 11.4 Å². The molecule has 6 heteroatoms. The molecule has 0 aliphatic rings. The summed E-state index contributed by atoms with van der Waals surface area (Å²) in [6.45, 7) is 5.43. The Labute approximate surface area is 189 Å². The maximum Gasteiger partial charge on any atom is 0.171 e. The Balaban J connectivity index is 1.45. The predicted molar refractivity (Wildman–Crippen MR) is 135 cm³/mol. The molecule has 0 bridgehead atoms. The smallest absolute Gasteiger partial charge is 0.171 e.